The van der Waals surface area contributed by atoms with E-state index in [1.165, 1.54) is 0 Å². The molecule has 0 atom stereocenters. The molecule has 0 saturated carbocycles. The minimum atomic E-state index is -4.67. The van der Waals surface area contributed by atoms with Crippen LogP contribution in [0.2, 0.25) is 0 Å². The van der Waals surface area contributed by atoms with Crippen LogP contribution < -0.4 is 0 Å². The van der Waals surface area contributed by atoms with E-state index in [4.69, 9.17) is 22.3 Å². The van der Waals surface area contributed by atoms with E-state index in [0.717, 1.165) is 0 Å². The maximum atomic E-state index is 8.74. The first-order chi connectivity index (χ1) is 3.00. The van der Waals surface area contributed by atoms with Gasteiger partial charge in [-0.3, -0.25) is 9.11 Å². The van der Waals surface area contributed by atoms with Gasteiger partial charge in [0.05, 0.1) is 0 Å². The molecule has 0 spiro atoms. The molecule has 0 amide bonds. The second-order valence-electron chi connectivity index (χ2n) is 0.448. The molecule has 0 aromatic heterocycles. The van der Waals surface area contributed by atoms with Gasteiger partial charge in [0, 0.05) is 0 Å². The fourth-order valence-electron chi connectivity index (χ4n) is 0. The molecule has 0 aliphatic rings. The first-order valence-electron chi connectivity index (χ1n) is 0.987. The van der Waals surface area contributed by atoms with E-state index in [1.54, 1.807) is 0 Å². The van der Waals surface area contributed by atoms with Gasteiger partial charge in [0.1, 0.15) is 6.79 Å². The molecule has 0 aliphatic heterocycles. The molecule has 0 aromatic rings. The summed E-state index contributed by atoms with van der Waals surface area (Å²) in [5.74, 6) is 0. The topological polar surface area (TPSA) is 91.7 Å². The molecular weight excluding hydrogens is 147 g/mol. The van der Waals surface area contributed by atoms with Crippen LogP contribution in [0.5, 0.6) is 0 Å². The van der Waals surface area contributed by atoms with Crippen molar-refractivity contribution in [1.82, 2.24) is 0 Å². The minimum absolute atomic E-state index is 0. The molecule has 2 N–H and O–H groups in total. The summed E-state index contributed by atoms with van der Waals surface area (Å²) in [5, 5.41) is 0. The molecule has 0 aromatic carbocycles. The standard InChI is InChI=1S/CH2O.Na.H2O4S.H/c1-2;;1-5(2,3)4;/h1H2;;(H2,1,2,3,4);. The molecule has 0 saturated heterocycles. The summed E-state index contributed by atoms with van der Waals surface area (Å²) >= 11 is 0. The van der Waals surface area contributed by atoms with Crippen molar-refractivity contribution in [2.75, 3.05) is 0 Å². The average Bonchev–Trinajstić information content (AvgIpc) is 1.36. The van der Waals surface area contributed by atoms with Gasteiger partial charge in [0.15, 0.2) is 0 Å². The Balaban J connectivity index is -0.0000000750. The van der Waals surface area contributed by atoms with Crippen molar-refractivity contribution >= 4 is 46.7 Å². The van der Waals surface area contributed by atoms with E-state index >= 15 is 0 Å². The normalized spacial score (nSPS) is 7.75. The van der Waals surface area contributed by atoms with Crippen molar-refractivity contribution in [3.05, 3.63) is 0 Å². The van der Waals surface area contributed by atoms with Crippen LogP contribution in [-0.4, -0.2) is 53.9 Å². The fourth-order valence-corrected chi connectivity index (χ4v) is 0. The van der Waals surface area contributed by atoms with Gasteiger partial charge in [-0.15, -0.1) is 0 Å². The van der Waals surface area contributed by atoms with E-state index in [0.29, 0.717) is 0 Å². The van der Waals surface area contributed by atoms with Crippen LogP contribution in [0.15, 0.2) is 0 Å². The first kappa shape index (κ1) is 15.8. The molecule has 0 aliphatic carbocycles. The summed E-state index contributed by atoms with van der Waals surface area (Å²) in [7, 11) is -4.67. The molecule has 46 valence electrons. The summed E-state index contributed by atoms with van der Waals surface area (Å²) < 4.78 is 31.6. The molecule has 0 fully saturated rings. The van der Waals surface area contributed by atoms with Crippen LogP contribution in [0.3, 0.4) is 0 Å². The van der Waals surface area contributed by atoms with Crippen LogP contribution in [0, 0.1) is 0 Å². The molecule has 5 nitrogen and oxygen atoms in total. The third kappa shape index (κ3) is 688. The van der Waals surface area contributed by atoms with Gasteiger partial charge in [-0.25, -0.2) is 0 Å². The SMILES string of the molecule is C=O.O=S(=O)(O)O.[NaH]. The van der Waals surface area contributed by atoms with Crippen LogP contribution in [0.4, 0.5) is 0 Å². The Morgan fingerprint density at radius 2 is 1.12 bits per heavy atom. The Labute approximate surface area is 69.0 Å². The number of carbonyl (C=O) groups excluding carboxylic acids is 1. The van der Waals surface area contributed by atoms with Crippen molar-refractivity contribution in [3.63, 3.8) is 0 Å². The molecule has 0 bridgehead atoms. The average molecular weight is 152 g/mol. The molecule has 7 heteroatoms. The zero-order chi connectivity index (χ0) is 6.50. The summed E-state index contributed by atoms with van der Waals surface area (Å²) in [4.78, 5) is 8.00. The molecule has 0 heterocycles. The Morgan fingerprint density at radius 3 is 1.12 bits per heavy atom. The van der Waals surface area contributed by atoms with Crippen LogP contribution >= 0.6 is 0 Å². The molecule has 0 rings (SSSR count). The Hall–Kier alpha value is 0.540. The number of hydrogen-bond donors (Lipinski definition) is 2. The molecular formula is CH5NaO5S. The fraction of sp³-hybridized carbons (Fsp3) is 0. The second-order valence-corrected chi connectivity index (χ2v) is 1.34. The van der Waals surface area contributed by atoms with E-state index in [9.17, 15) is 0 Å². The number of hydrogen-bond acceptors (Lipinski definition) is 3. The van der Waals surface area contributed by atoms with E-state index < -0.39 is 10.4 Å². The van der Waals surface area contributed by atoms with Gasteiger partial charge in [0.2, 0.25) is 0 Å². The van der Waals surface area contributed by atoms with Crippen molar-refractivity contribution in [1.29, 1.82) is 0 Å². The summed E-state index contributed by atoms with van der Waals surface area (Å²) in [6, 6.07) is 0. The van der Waals surface area contributed by atoms with Gasteiger partial charge >= 0.3 is 40.0 Å². The quantitative estimate of drug-likeness (QED) is 0.326. The molecule has 0 unspecified atom stereocenters. The molecule has 0 radical (unpaired) electrons. The maximum absolute atomic E-state index is 8.74. The first-order valence-corrected chi connectivity index (χ1v) is 2.38. The van der Waals surface area contributed by atoms with E-state index in [1.807, 2.05) is 6.79 Å². The third-order valence-corrected chi connectivity index (χ3v) is 0. The van der Waals surface area contributed by atoms with Gasteiger partial charge in [-0.2, -0.15) is 8.42 Å². The van der Waals surface area contributed by atoms with Gasteiger partial charge in [-0.1, -0.05) is 0 Å². The van der Waals surface area contributed by atoms with Crippen molar-refractivity contribution in [3.8, 4) is 0 Å². The Kier molecular flexibility index (Phi) is 14.9. The predicted molar refractivity (Wildman–Crippen MR) is 28.4 cm³/mol. The van der Waals surface area contributed by atoms with Crippen molar-refractivity contribution in [2.45, 2.75) is 0 Å². The van der Waals surface area contributed by atoms with Crippen molar-refractivity contribution in [2.24, 2.45) is 0 Å². The number of carbonyl (C=O) groups is 1. The monoisotopic (exact) mass is 152 g/mol. The van der Waals surface area contributed by atoms with Crippen LogP contribution in [0.1, 0.15) is 0 Å². The van der Waals surface area contributed by atoms with Gasteiger partial charge < -0.3 is 4.79 Å². The van der Waals surface area contributed by atoms with Crippen molar-refractivity contribution < 1.29 is 22.3 Å². The Morgan fingerprint density at radius 1 is 1.12 bits per heavy atom. The Bertz CT molecular complexity index is 106. The summed E-state index contributed by atoms with van der Waals surface area (Å²) in [6.45, 7) is 2.00. The molecule has 8 heavy (non-hydrogen) atoms. The third-order valence-electron chi connectivity index (χ3n) is 0. The van der Waals surface area contributed by atoms with E-state index in [-0.39, 0.29) is 29.6 Å². The van der Waals surface area contributed by atoms with Crippen LogP contribution in [0.25, 0.3) is 0 Å². The number of rotatable bonds is 0. The summed E-state index contributed by atoms with van der Waals surface area (Å²) in [5.41, 5.74) is 0. The second kappa shape index (κ2) is 7.54. The zero-order valence-electron chi connectivity index (χ0n) is 3.23. The van der Waals surface area contributed by atoms with Gasteiger partial charge in [-0.05, 0) is 0 Å². The predicted octanol–water partition coefficient (Wildman–Crippen LogP) is -1.49. The van der Waals surface area contributed by atoms with E-state index in [2.05, 4.69) is 0 Å². The summed E-state index contributed by atoms with van der Waals surface area (Å²) in [6.07, 6.45) is 0. The zero-order valence-corrected chi connectivity index (χ0v) is 4.05. The van der Waals surface area contributed by atoms with Gasteiger partial charge in [0.25, 0.3) is 0 Å². The van der Waals surface area contributed by atoms with Crippen LogP contribution in [-0.2, 0) is 15.2 Å².